The maximum absolute atomic E-state index is 12.5. The summed E-state index contributed by atoms with van der Waals surface area (Å²) < 4.78 is 65.0. The molecule has 0 fully saturated rings. The quantitative estimate of drug-likeness (QED) is 0.678. The van der Waals surface area contributed by atoms with Gasteiger partial charge in [0.25, 0.3) is 6.43 Å². The van der Waals surface area contributed by atoms with Crippen LogP contribution in [0.4, 0.5) is 22.0 Å². The number of halogens is 6. The lowest BCUT2D eigenvalue weighted by Crippen LogP contribution is -2.19. The van der Waals surface area contributed by atoms with Crippen LogP contribution in [0.15, 0.2) is 6.20 Å². The molecule has 0 aliphatic rings. The Morgan fingerprint density at radius 2 is 1.94 bits per heavy atom. The molecule has 0 bridgehead atoms. The van der Waals surface area contributed by atoms with Gasteiger partial charge in [-0.05, 0) is 0 Å². The van der Waals surface area contributed by atoms with Crippen molar-refractivity contribution in [2.24, 2.45) is 0 Å². The molecule has 1 rings (SSSR count). The first kappa shape index (κ1) is 15.1. The SMILES string of the molecule is OCc1c(C(F)F)ncc(OC(F)(F)F)c1CBr. The van der Waals surface area contributed by atoms with Gasteiger partial charge in [0.15, 0.2) is 5.75 Å². The third-order valence-corrected chi connectivity index (χ3v) is 2.58. The number of nitrogens with zero attached hydrogens (tertiary/aromatic N) is 1. The predicted octanol–water partition coefficient (Wildman–Crippen LogP) is 3.31. The van der Waals surface area contributed by atoms with Crippen LogP contribution in [0.5, 0.6) is 5.75 Å². The second-order valence-electron chi connectivity index (χ2n) is 3.11. The van der Waals surface area contributed by atoms with E-state index in [1.165, 1.54) is 0 Å². The number of pyridine rings is 1. The largest absolute Gasteiger partial charge is 0.573 e. The normalized spacial score (nSPS) is 12.0. The monoisotopic (exact) mass is 335 g/mol. The molecule has 0 saturated heterocycles. The molecule has 1 aromatic rings. The first-order chi connectivity index (χ1) is 8.30. The third-order valence-electron chi connectivity index (χ3n) is 2.02. The van der Waals surface area contributed by atoms with Gasteiger partial charge in [-0.1, -0.05) is 15.9 Å². The molecular formula is C9H7BrF5NO2. The number of hydrogen-bond acceptors (Lipinski definition) is 3. The van der Waals surface area contributed by atoms with E-state index in [4.69, 9.17) is 5.11 Å². The molecule has 0 spiro atoms. The lowest BCUT2D eigenvalue weighted by molar-refractivity contribution is -0.275. The molecule has 0 unspecified atom stereocenters. The van der Waals surface area contributed by atoms with Gasteiger partial charge in [-0.25, -0.2) is 8.78 Å². The number of hydrogen-bond donors (Lipinski definition) is 1. The van der Waals surface area contributed by atoms with Gasteiger partial charge >= 0.3 is 6.36 Å². The van der Waals surface area contributed by atoms with Gasteiger partial charge in [0.2, 0.25) is 0 Å². The molecule has 0 aromatic carbocycles. The van der Waals surface area contributed by atoms with Crippen LogP contribution in [0.3, 0.4) is 0 Å². The Hall–Kier alpha value is -0.960. The number of aliphatic hydroxyl groups is 1. The fraction of sp³-hybridized carbons (Fsp3) is 0.444. The lowest BCUT2D eigenvalue weighted by atomic mass is 10.1. The average Bonchev–Trinajstić information content (AvgIpc) is 2.25. The highest BCUT2D eigenvalue weighted by Crippen LogP contribution is 2.33. The van der Waals surface area contributed by atoms with Crippen molar-refractivity contribution >= 4 is 15.9 Å². The van der Waals surface area contributed by atoms with Gasteiger partial charge in [-0.2, -0.15) is 0 Å². The summed E-state index contributed by atoms with van der Waals surface area (Å²) in [4.78, 5) is 3.19. The van der Waals surface area contributed by atoms with Crippen LogP contribution in [-0.4, -0.2) is 16.5 Å². The van der Waals surface area contributed by atoms with Crippen molar-refractivity contribution in [1.29, 1.82) is 0 Å². The highest BCUT2D eigenvalue weighted by atomic mass is 79.9. The van der Waals surface area contributed by atoms with Crippen molar-refractivity contribution in [3.05, 3.63) is 23.0 Å². The van der Waals surface area contributed by atoms with Crippen LogP contribution >= 0.6 is 15.9 Å². The van der Waals surface area contributed by atoms with Gasteiger partial charge in [0.05, 0.1) is 12.8 Å². The van der Waals surface area contributed by atoms with Crippen molar-refractivity contribution < 1.29 is 31.8 Å². The van der Waals surface area contributed by atoms with E-state index >= 15 is 0 Å². The van der Waals surface area contributed by atoms with E-state index in [-0.39, 0.29) is 16.5 Å². The van der Waals surface area contributed by atoms with Gasteiger partial charge in [-0.15, -0.1) is 13.2 Å². The summed E-state index contributed by atoms with van der Waals surface area (Å²) in [5.74, 6) is -0.715. The number of alkyl halides is 6. The van der Waals surface area contributed by atoms with Crippen LogP contribution in [0.2, 0.25) is 0 Å². The molecule has 1 heterocycles. The average molecular weight is 336 g/mol. The van der Waals surface area contributed by atoms with E-state index in [1.807, 2.05) is 0 Å². The standard InChI is InChI=1S/C9H7BrF5NO2/c10-1-4-5(3-17)7(8(11)12)16-2-6(4)18-9(13,14)15/h2,8,17H,1,3H2. The first-order valence-electron chi connectivity index (χ1n) is 4.51. The summed E-state index contributed by atoms with van der Waals surface area (Å²) in [6.45, 7) is -0.858. The Labute approximate surface area is 107 Å². The molecule has 0 atom stereocenters. The zero-order valence-electron chi connectivity index (χ0n) is 8.64. The molecule has 0 aliphatic heterocycles. The first-order valence-corrected chi connectivity index (χ1v) is 5.63. The molecule has 1 N–H and O–H groups in total. The number of aliphatic hydroxyl groups excluding tert-OH is 1. The van der Waals surface area contributed by atoms with E-state index in [9.17, 15) is 22.0 Å². The Bertz CT molecular complexity index is 424. The van der Waals surface area contributed by atoms with E-state index in [2.05, 4.69) is 25.7 Å². The van der Waals surface area contributed by atoms with E-state index < -0.39 is 30.8 Å². The summed E-state index contributed by atoms with van der Waals surface area (Å²) in [6, 6.07) is 0. The Morgan fingerprint density at radius 3 is 2.33 bits per heavy atom. The van der Waals surface area contributed by atoms with Gasteiger partial charge in [0.1, 0.15) is 5.69 Å². The number of ether oxygens (including phenoxy) is 1. The van der Waals surface area contributed by atoms with Crippen molar-refractivity contribution in [2.75, 3.05) is 0 Å². The Balaban J connectivity index is 3.30. The highest BCUT2D eigenvalue weighted by Gasteiger charge is 2.33. The maximum atomic E-state index is 12.5. The Kier molecular flexibility index (Phi) is 4.85. The third kappa shape index (κ3) is 3.52. The smallest absolute Gasteiger partial charge is 0.404 e. The molecule has 18 heavy (non-hydrogen) atoms. The highest BCUT2D eigenvalue weighted by molar-refractivity contribution is 9.08. The molecule has 0 amide bonds. The fourth-order valence-corrected chi connectivity index (χ4v) is 1.93. The van der Waals surface area contributed by atoms with E-state index in [0.29, 0.717) is 6.20 Å². The van der Waals surface area contributed by atoms with Crippen molar-refractivity contribution in [3.8, 4) is 5.75 Å². The minimum atomic E-state index is -4.96. The molecule has 3 nitrogen and oxygen atoms in total. The summed E-state index contributed by atoms with van der Waals surface area (Å²) in [5, 5.41) is 8.79. The van der Waals surface area contributed by atoms with Crippen LogP contribution < -0.4 is 4.74 Å². The molecule has 0 aliphatic carbocycles. The van der Waals surface area contributed by atoms with Gasteiger partial charge in [0, 0.05) is 16.5 Å². The minimum Gasteiger partial charge on any atom is -0.404 e. The predicted molar refractivity (Wildman–Crippen MR) is 54.4 cm³/mol. The summed E-state index contributed by atoms with van der Waals surface area (Å²) in [5.41, 5.74) is -1.34. The maximum Gasteiger partial charge on any atom is 0.573 e. The summed E-state index contributed by atoms with van der Waals surface area (Å²) in [7, 11) is 0. The number of rotatable bonds is 4. The number of aromatic nitrogens is 1. The molecular weight excluding hydrogens is 329 g/mol. The lowest BCUT2D eigenvalue weighted by Gasteiger charge is -2.16. The van der Waals surface area contributed by atoms with Crippen LogP contribution in [0.25, 0.3) is 0 Å². The van der Waals surface area contributed by atoms with Crippen LogP contribution in [-0.2, 0) is 11.9 Å². The molecule has 0 radical (unpaired) electrons. The topological polar surface area (TPSA) is 42.4 Å². The van der Waals surface area contributed by atoms with Crippen molar-refractivity contribution in [3.63, 3.8) is 0 Å². The molecule has 1 aromatic heterocycles. The van der Waals surface area contributed by atoms with Crippen molar-refractivity contribution in [1.82, 2.24) is 4.98 Å². The fourth-order valence-electron chi connectivity index (χ4n) is 1.31. The molecule has 0 saturated carbocycles. The molecule has 9 heteroatoms. The van der Waals surface area contributed by atoms with Crippen molar-refractivity contribution in [2.45, 2.75) is 24.7 Å². The zero-order chi connectivity index (χ0) is 13.9. The Morgan fingerprint density at radius 1 is 1.33 bits per heavy atom. The summed E-state index contributed by atoms with van der Waals surface area (Å²) >= 11 is 2.86. The second kappa shape index (κ2) is 5.79. The summed E-state index contributed by atoms with van der Waals surface area (Å²) in [6.07, 6.45) is -7.40. The van der Waals surface area contributed by atoms with E-state index in [0.717, 1.165) is 0 Å². The van der Waals surface area contributed by atoms with Gasteiger partial charge in [-0.3, -0.25) is 4.98 Å². The van der Waals surface area contributed by atoms with E-state index in [1.54, 1.807) is 0 Å². The minimum absolute atomic E-state index is 0.184. The zero-order valence-corrected chi connectivity index (χ0v) is 10.2. The van der Waals surface area contributed by atoms with Crippen LogP contribution in [0, 0.1) is 0 Å². The second-order valence-corrected chi connectivity index (χ2v) is 3.67. The van der Waals surface area contributed by atoms with Crippen LogP contribution in [0.1, 0.15) is 23.2 Å². The van der Waals surface area contributed by atoms with Gasteiger partial charge < -0.3 is 9.84 Å². The molecule has 102 valence electrons.